The standard InChI is InChI=1S/C16H10F2N2O/c17-11-7-5-10(9-12(11)18)6-8-15-16(21)20-14-4-2-1-3-13(14)19-15/h1-9H,(H,20,21)/b8-6+. The van der Waals surface area contributed by atoms with Gasteiger partial charge in [-0.3, -0.25) is 4.79 Å². The van der Waals surface area contributed by atoms with E-state index in [1.54, 1.807) is 18.2 Å². The van der Waals surface area contributed by atoms with Crippen LogP contribution in [0, 0.1) is 11.6 Å². The van der Waals surface area contributed by atoms with E-state index in [0.29, 0.717) is 16.6 Å². The van der Waals surface area contributed by atoms with Gasteiger partial charge in [0.25, 0.3) is 5.56 Å². The number of hydrogen-bond acceptors (Lipinski definition) is 2. The molecule has 3 rings (SSSR count). The highest BCUT2D eigenvalue weighted by molar-refractivity contribution is 5.76. The minimum Gasteiger partial charge on any atom is -0.319 e. The van der Waals surface area contributed by atoms with Crippen LogP contribution in [-0.2, 0) is 0 Å². The van der Waals surface area contributed by atoms with Crippen LogP contribution in [0.25, 0.3) is 23.2 Å². The second-order valence-electron chi connectivity index (χ2n) is 4.48. The highest BCUT2D eigenvalue weighted by atomic mass is 19.2. The quantitative estimate of drug-likeness (QED) is 0.784. The molecule has 0 aliphatic carbocycles. The van der Waals surface area contributed by atoms with E-state index in [2.05, 4.69) is 9.97 Å². The predicted octanol–water partition coefficient (Wildman–Crippen LogP) is 3.37. The Kier molecular flexibility index (Phi) is 3.31. The van der Waals surface area contributed by atoms with Crippen LogP contribution in [0.5, 0.6) is 0 Å². The van der Waals surface area contributed by atoms with Gasteiger partial charge in [0.15, 0.2) is 11.6 Å². The zero-order valence-corrected chi connectivity index (χ0v) is 10.8. The van der Waals surface area contributed by atoms with Crippen LogP contribution < -0.4 is 5.56 Å². The lowest BCUT2D eigenvalue weighted by Crippen LogP contribution is -2.11. The van der Waals surface area contributed by atoms with Crippen LogP contribution in [0.3, 0.4) is 0 Å². The molecule has 0 bridgehead atoms. The summed E-state index contributed by atoms with van der Waals surface area (Å²) in [6.45, 7) is 0. The van der Waals surface area contributed by atoms with E-state index in [4.69, 9.17) is 0 Å². The van der Waals surface area contributed by atoms with E-state index >= 15 is 0 Å². The van der Waals surface area contributed by atoms with Gasteiger partial charge in [0.2, 0.25) is 0 Å². The van der Waals surface area contributed by atoms with Gasteiger partial charge < -0.3 is 4.98 Å². The highest BCUT2D eigenvalue weighted by Crippen LogP contribution is 2.12. The Hall–Kier alpha value is -2.82. The number of rotatable bonds is 2. The van der Waals surface area contributed by atoms with Crippen molar-refractivity contribution in [2.24, 2.45) is 0 Å². The Morgan fingerprint density at radius 1 is 1.00 bits per heavy atom. The number of benzene rings is 2. The Bertz CT molecular complexity index is 900. The first-order chi connectivity index (χ1) is 10.1. The van der Waals surface area contributed by atoms with E-state index in [1.807, 2.05) is 6.07 Å². The predicted molar refractivity (Wildman–Crippen MR) is 77.6 cm³/mol. The van der Waals surface area contributed by atoms with Crippen molar-refractivity contribution in [1.29, 1.82) is 0 Å². The molecule has 1 N–H and O–H groups in total. The number of aromatic nitrogens is 2. The Balaban J connectivity index is 2.00. The number of nitrogens with one attached hydrogen (secondary N) is 1. The fraction of sp³-hybridized carbons (Fsp3) is 0. The molecule has 0 amide bonds. The third kappa shape index (κ3) is 2.72. The largest absolute Gasteiger partial charge is 0.319 e. The van der Waals surface area contributed by atoms with Gasteiger partial charge in [-0.2, -0.15) is 0 Å². The summed E-state index contributed by atoms with van der Waals surface area (Å²) in [7, 11) is 0. The summed E-state index contributed by atoms with van der Waals surface area (Å²) >= 11 is 0. The van der Waals surface area contributed by atoms with E-state index in [-0.39, 0.29) is 11.3 Å². The molecule has 3 aromatic rings. The van der Waals surface area contributed by atoms with Gasteiger partial charge in [-0.1, -0.05) is 24.3 Å². The third-order valence-corrected chi connectivity index (χ3v) is 3.00. The minimum atomic E-state index is -0.933. The van der Waals surface area contributed by atoms with Crippen molar-refractivity contribution in [1.82, 2.24) is 9.97 Å². The van der Waals surface area contributed by atoms with E-state index in [9.17, 15) is 13.6 Å². The first-order valence-corrected chi connectivity index (χ1v) is 6.26. The molecule has 0 aliphatic rings. The molecular weight excluding hydrogens is 274 g/mol. The van der Waals surface area contributed by atoms with Crippen LogP contribution in [0.2, 0.25) is 0 Å². The fourth-order valence-corrected chi connectivity index (χ4v) is 1.95. The molecule has 0 aliphatic heterocycles. The molecule has 21 heavy (non-hydrogen) atoms. The first kappa shape index (κ1) is 13.2. The maximum atomic E-state index is 13.1. The summed E-state index contributed by atoms with van der Waals surface area (Å²) in [5.41, 5.74) is 1.61. The molecule has 2 aromatic carbocycles. The second-order valence-corrected chi connectivity index (χ2v) is 4.48. The molecule has 0 spiro atoms. The minimum absolute atomic E-state index is 0.207. The van der Waals surface area contributed by atoms with E-state index in [0.717, 1.165) is 12.1 Å². The maximum absolute atomic E-state index is 13.1. The molecule has 0 unspecified atom stereocenters. The molecular formula is C16H10F2N2O. The molecule has 0 atom stereocenters. The van der Waals surface area contributed by atoms with Gasteiger partial charge >= 0.3 is 0 Å². The van der Waals surface area contributed by atoms with Gasteiger partial charge in [-0.15, -0.1) is 0 Å². The molecule has 1 aromatic heterocycles. The van der Waals surface area contributed by atoms with Gasteiger partial charge in [0, 0.05) is 0 Å². The van der Waals surface area contributed by atoms with E-state index in [1.165, 1.54) is 18.2 Å². The van der Waals surface area contributed by atoms with Crippen LogP contribution in [0.1, 0.15) is 11.3 Å². The smallest absolute Gasteiger partial charge is 0.274 e. The molecule has 5 heteroatoms. The van der Waals surface area contributed by atoms with Crippen LogP contribution in [0.15, 0.2) is 47.3 Å². The van der Waals surface area contributed by atoms with Crippen molar-refractivity contribution in [2.75, 3.05) is 0 Å². The normalized spacial score (nSPS) is 11.3. The number of halogens is 2. The number of fused-ring (bicyclic) bond motifs is 1. The Morgan fingerprint density at radius 3 is 2.62 bits per heavy atom. The average Bonchev–Trinajstić information content (AvgIpc) is 2.48. The summed E-state index contributed by atoms with van der Waals surface area (Å²) in [5.74, 6) is -1.84. The van der Waals surface area contributed by atoms with Gasteiger partial charge in [-0.25, -0.2) is 13.8 Å². The Morgan fingerprint density at radius 2 is 1.81 bits per heavy atom. The molecule has 1 heterocycles. The maximum Gasteiger partial charge on any atom is 0.274 e. The van der Waals surface area contributed by atoms with Crippen molar-refractivity contribution in [3.63, 3.8) is 0 Å². The fourth-order valence-electron chi connectivity index (χ4n) is 1.95. The summed E-state index contributed by atoms with van der Waals surface area (Å²) < 4.78 is 25.9. The number of aromatic amines is 1. The van der Waals surface area contributed by atoms with Gasteiger partial charge in [0.1, 0.15) is 5.69 Å². The number of hydrogen-bond donors (Lipinski definition) is 1. The average molecular weight is 284 g/mol. The molecule has 0 saturated heterocycles. The summed E-state index contributed by atoms with van der Waals surface area (Å²) in [5, 5.41) is 0. The number of para-hydroxylation sites is 2. The monoisotopic (exact) mass is 284 g/mol. The van der Waals surface area contributed by atoms with Crippen molar-refractivity contribution in [3.05, 3.63) is 75.7 Å². The Labute approximate surface area is 118 Å². The van der Waals surface area contributed by atoms with Gasteiger partial charge in [0.05, 0.1) is 11.0 Å². The molecule has 104 valence electrons. The van der Waals surface area contributed by atoms with Crippen molar-refractivity contribution in [3.8, 4) is 0 Å². The van der Waals surface area contributed by atoms with Crippen LogP contribution in [0.4, 0.5) is 8.78 Å². The topological polar surface area (TPSA) is 45.8 Å². The SMILES string of the molecule is O=c1[nH]c2ccccc2nc1/C=C/c1ccc(F)c(F)c1. The molecule has 3 nitrogen and oxygen atoms in total. The molecule has 0 radical (unpaired) electrons. The highest BCUT2D eigenvalue weighted by Gasteiger charge is 2.03. The zero-order valence-electron chi connectivity index (χ0n) is 10.8. The van der Waals surface area contributed by atoms with Crippen molar-refractivity contribution < 1.29 is 8.78 Å². The first-order valence-electron chi connectivity index (χ1n) is 6.26. The lowest BCUT2D eigenvalue weighted by molar-refractivity contribution is 0.508. The van der Waals surface area contributed by atoms with E-state index < -0.39 is 11.6 Å². The van der Waals surface area contributed by atoms with Crippen LogP contribution >= 0.6 is 0 Å². The number of H-pyrrole nitrogens is 1. The summed E-state index contributed by atoms with van der Waals surface area (Å²) in [6, 6.07) is 10.7. The second kappa shape index (κ2) is 5.28. The summed E-state index contributed by atoms with van der Waals surface area (Å²) in [4.78, 5) is 18.8. The third-order valence-electron chi connectivity index (χ3n) is 3.00. The van der Waals surface area contributed by atoms with Crippen LogP contribution in [-0.4, -0.2) is 9.97 Å². The molecule has 0 saturated carbocycles. The van der Waals surface area contributed by atoms with Crippen molar-refractivity contribution >= 4 is 23.2 Å². The zero-order chi connectivity index (χ0) is 14.8. The lowest BCUT2D eigenvalue weighted by atomic mass is 10.2. The number of nitrogens with zero attached hydrogens (tertiary/aromatic N) is 1. The van der Waals surface area contributed by atoms with Gasteiger partial charge in [-0.05, 0) is 35.9 Å². The lowest BCUT2D eigenvalue weighted by Gasteiger charge is -1.99. The van der Waals surface area contributed by atoms with Crippen molar-refractivity contribution in [2.45, 2.75) is 0 Å². The summed E-state index contributed by atoms with van der Waals surface area (Å²) in [6.07, 6.45) is 2.98. The molecule has 0 fully saturated rings.